The van der Waals surface area contributed by atoms with Crippen LogP contribution in [0.4, 0.5) is 0 Å². The van der Waals surface area contributed by atoms with Crippen molar-refractivity contribution in [1.82, 2.24) is 9.97 Å². The van der Waals surface area contributed by atoms with Gasteiger partial charge in [-0.05, 0) is 33.4 Å². The predicted molar refractivity (Wildman–Crippen MR) is 138 cm³/mol. The monoisotopic (exact) mass is 448 g/mol. The van der Waals surface area contributed by atoms with Gasteiger partial charge < -0.3 is 4.98 Å². The second-order valence-electron chi connectivity index (χ2n) is 7.96. The molecule has 0 spiro atoms. The number of nitriles is 2. The number of hydrogen-bond acceptors (Lipinski definition) is 3. The van der Waals surface area contributed by atoms with E-state index in [1.807, 2.05) is 54.6 Å². The van der Waals surface area contributed by atoms with E-state index < -0.39 is 0 Å². The molecule has 1 aromatic heterocycles. The first-order valence-electron chi connectivity index (χ1n) is 11.2. The van der Waals surface area contributed by atoms with Crippen molar-refractivity contribution in [1.29, 1.82) is 10.5 Å². The quantitative estimate of drug-likeness (QED) is 0.299. The third kappa shape index (κ3) is 4.37. The molecule has 0 radical (unpaired) electrons. The zero-order chi connectivity index (χ0) is 24.0. The summed E-state index contributed by atoms with van der Waals surface area (Å²) in [5, 5.41) is 18.5. The smallest absolute Gasteiger partial charge is 0.177 e. The lowest BCUT2D eigenvalue weighted by Crippen LogP contribution is -1.97. The Hall–Kier alpha value is -5.19. The Kier molecular flexibility index (Phi) is 6.03. The summed E-state index contributed by atoms with van der Waals surface area (Å²) in [5.74, 6) is 0.501. The first-order chi connectivity index (χ1) is 17.3. The average Bonchev–Trinajstić information content (AvgIpc) is 3.37. The molecule has 5 aromatic rings. The molecule has 4 aromatic carbocycles. The van der Waals surface area contributed by atoms with Gasteiger partial charge in [-0.1, -0.05) is 115 Å². The fourth-order valence-corrected chi connectivity index (χ4v) is 4.19. The number of H-pyrrole nitrogens is 1. The normalized spacial score (nSPS) is 10.2. The Labute approximate surface area is 204 Å². The SMILES string of the molecule is N#Cc1nc(-c2ccc(C(=C(c3ccccc3)c3ccccc3)c3ccccc3)cc2)[nH]c1C#N. The van der Waals surface area contributed by atoms with Crippen LogP contribution < -0.4 is 0 Å². The number of nitrogens with one attached hydrogen (secondary N) is 1. The van der Waals surface area contributed by atoms with Crippen molar-refractivity contribution in [2.45, 2.75) is 0 Å². The van der Waals surface area contributed by atoms with Crippen molar-refractivity contribution in [3.8, 4) is 23.5 Å². The van der Waals surface area contributed by atoms with Crippen molar-refractivity contribution >= 4 is 11.1 Å². The lowest BCUT2D eigenvalue weighted by Gasteiger charge is -2.18. The summed E-state index contributed by atoms with van der Waals surface area (Å²) >= 11 is 0. The molecule has 0 unspecified atom stereocenters. The summed E-state index contributed by atoms with van der Waals surface area (Å²) in [5.41, 5.74) is 7.76. The zero-order valence-corrected chi connectivity index (χ0v) is 18.8. The maximum absolute atomic E-state index is 9.25. The molecular weight excluding hydrogens is 428 g/mol. The maximum Gasteiger partial charge on any atom is 0.177 e. The van der Waals surface area contributed by atoms with Crippen LogP contribution in [0.2, 0.25) is 0 Å². The Morgan fingerprint density at radius 1 is 0.543 bits per heavy atom. The van der Waals surface area contributed by atoms with E-state index in [0.717, 1.165) is 39.0 Å². The number of benzene rings is 4. The van der Waals surface area contributed by atoms with Crippen molar-refractivity contribution in [3.05, 3.63) is 149 Å². The van der Waals surface area contributed by atoms with Crippen LogP contribution in [0.25, 0.3) is 22.5 Å². The number of imidazole rings is 1. The summed E-state index contributed by atoms with van der Waals surface area (Å²) < 4.78 is 0. The van der Waals surface area contributed by atoms with Crippen molar-refractivity contribution in [2.75, 3.05) is 0 Å². The fourth-order valence-electron chi connectivity index (χ4n) is 4.19. The van der Waals surface area contributed by atoms with Gasteiger partial charge in [-0.2, -0.15) is 10.5 Å². The highest BCUT2D eigenvalue weighted by atomic mass is 14.9. The summed E-state index contributed by atoms with van der Waals surface area (Å²) in [4.78, 5) is 7.23. The first kappa shape index (κ1) is 21.6. The van der Waals surface area contributed by atoms with E-state index >= 15 is 0 Å². The van der Waals surface area contributed by atoms with E-state index in [1.165, 1.54) is 0 Å². The highest BCUT2D eigenvalue weighted by Crippen LogP contribution is 2.37. The lowest BCUT2D eigenvalue weighted by atomic mass is 9.85. The van der Waals surface area contributed by atoms with Crippen LogP contribution >= 0.6 is 0 Å². The zero-order valence-electron chi connectivity index (χ0n) is 18.8. The van der Waals surface area contributed by atoms with Gasteiger partial charge in [-0.25, -0.2) is 4.98 Å². The second kappa shape index (κ2) is 9.75. The molecule has 35 heavy (non-hydrogen) atoms. The molecule has 0 bridgehead atoms. The Bertz CT molecular complexity index is 1490. The summed E-state index contributed by atoms with van der Waals surface area (Å²) in [7, 11) is 0. The lowest BCUT2D eigenvalue weighted by molar-refractivity contribution is 1.29. The number of nitrogens with zero attached hydrogens (tertiary/aromatic N) is 3. The molecule has 0 fully saturated rings. The number of hydrogen-bond donors (Lipinski definition) is 1. The molecule has 1 N–H and O–H groups in total. The number of aromatic amines is 1. The fraction of sp³-hybridized carbons (Fsp3) is 0. The van der Waals surface area contributed by atoms with Gasteiger partial charge in [-0.15, -0.1) is 0 Å². The van der Waals surface area contributed by atoms with Crippen LogP contribution in [0.5, 0.6) is 0 Å². The van der Waals surface area contributed by atoms with Gasteiger partial charge >= 0.3 is 0 Å². The molecule has 4 nitrogen and oxygen atoms in total. The molecule has 1 heterocycles. The molecule has 0 atom stereocenters. The van der Waals surface area contributed by atoms with Gasteiger partial charge in [0.1, 0.15) is 18.0 Å². The standard InChI is InChI=1S/C31H20N4/c32-20-27-28(21-33)35-31(34-27)26-18-16-25(17-19-26)30(24-14-8-3-9-15-24)29(22-10-4-1-5-11-22)23-12-6-2-7-13-23/h1-19H,(H,34,35). The summed E-state index contributed by atoms with van der Waals surface area (Å²) in [6.07, 6.45) is 0. The van der Waals surface area contributed by atoms with E-state index in [9.17, 15) is 10.5 Å². The Morgan fingerprint density at radius 3 is 1.34 bits per heavy atom. The number of aromatic nitrogens is 2. The van der Waals surface area contributed by atoms with Crippen LogP contribution in [0.15, 0.2) is 115 Å². The van der Waals surface area contributed by atoms with Crippen LogP contribution in [-0.4, -0.2) is 9.97 Å². The van der Waals surface area contributed by atoms with Crippen molar-refractivity contribution in [3.63, 3.8) is 0 Å². The second-order valence-corrected chi connectivity index (χ2v) is 7.96. The molecular formula is C31H20N4. The third-order valence-corrected chi connectivity index (χ3v) is 5.81. The van der Waals surface area contributed by atoms with Gasteiger partial charge in [0.05, 0.1) is 0 Å². The van der Waals surface area contributed by atoms with E-state index in [1.54, 1.807) is 0 Å². The van der Waals surface area contributed by atoms with Gasteiger partial charge in [0.25, 0.3) is 0 Å². The molecule has 5 rings (SSSR count). The van der Waals surface area contributed by atoms with Gasteiger partial charge in [0.2, 0.25) is 0 Å². The van der Waals surface area contributed by atoms with Crippen LogP contribution in [0.1, 0.15) is 33.6 Å². The van der Waals surface area contributed by atoms with E-state index in [0.29, 0.717) is 5.82 Å². The minimum Gasteiger partial charge on any atom is -0.329 e. The number of rotatable bonds is 5. The van der Waals surface area contributed by atoms with Crippen molar-refractivity contribution < 1.29 is 0 Å². The van der Waals surface area contributed by atoms with Crippen LogP contribution in [-0.2, 0) is 0 Å². The Morgan fingerprint density at radius 2 is 0.971 bits per heavy atom. The molecule has 0 aliphatic heterocycles. The average molecular weight is 449 g/mol. The molecule has 0 aliphatic carbocycles. The first-order valence-corrected chi connectivity index (χ1v) is 11.2. The van der Waals surface area contributed by atoms with Gasteiger partial charge in [0, 0.05) is 5.56 Å². The third-order valence-electron chi connectivity index (χ3n) is 5.81. The van der Waals surface area contributed by atoms with E-state index in [2.05, 4.69) is 82.8 Å². The molecule has 164 valence electrons. The predicted octanol–water partition coefficient (Wildman–Crippen LogP) is 6.83. The van der Waals surface area contributed by atoms with E-state index in [-0.39, 0.29) is 11.4 Å². The van der Waals surface area contributed by atoms with Gasteiger partial charge in [-0.3, -0.25) is 0 Å². The van der Waals surface area contributed by atoms with Crippen LogP contribution in [0.3, 0.4) is 0 Å². The molecule has 0 amide bonds. The molecule has 0 saturated carbocycles. The van der Waals surface area contributed by atoms with E-state index in [4.69, 9.17) is 0 Å². The maximum atomic E-state index is 9.25. The van der Waals surface area contributed by atoms with Crippen molar-refractivity contribution in [2.24, 2.45) is 0 Å². The Balaban J connectivity index is 1.72. The molecule has 0 aliphatic rings. The molecule has 4 heteroatoms. The molecule has 0 saturated heterocycles. The summed E-state index contributed by atoms with van der Waals surface area (Å²) in [6, 6.07) is 43.2. The minimum absolute atomic E-state index is 0.104. The largest absolute Gasteiger partial charge is 0.329 e. The highest BCUT2D eigenvalue weighted by molar-refractivity contribution is 6.04. The topological polar surface area (TPSA) is 76.3 Å². The van der Waals surface area contributed by atoms with Gasteiger partial charge in [0.15, 0.2) is 11.4 Å². The van der Waals surface area contributed by atoms with Crippen LogP contribution in [0, 0.1) is 22.7 Å². The minimum atomic E-state index is 0.104. The summed E-state index contributed by atoms with van der Waals surface area (Å²) in [6.45, 7) is 0. The highest BCUT2D eigenvalue weighted by Gasteiger charge is 2.17.